The molecule has 2 heterocycles. The van der Waals surface area contributed by atoms with Gasteiger partial charge in [-0.2, -0.15) is 0 Å². The highest BCUT2D eigenvalue weighted by molar-refractivity contribution is 5.95. The summed E-state index contributed by atoms with van der Waals surface area (Å²) in [6.07, 6.45) is 1.35. The van der Waals surface area contributed by atoms with Crippen LogP contribution in [0.2, 0.25) is 0 Å². The standard InChI is InChI=1S/C18H21N3O3/c1-11-9-14-3-4-15(10-16(14)20-17(11)23)19-18(24)13-5-7-21(8-6-13)12(2)22/h3-4,9-10,13H,5-8H2,1-2H3,(H,19,24)(H,20,23). The average molecular weight is 327 g/mol. The van der Waals surface area contributed by atoms with Crippen LogP contribution in [-0.4, -0.2) is 34.8 Å². The Balaban J connectivity index is 1.71. The first-order valence-corrected chi connectivity index (χ1v) is 8.14. The molecule has 0 saturated carbocycles. The van der Waals surface area contributed by atoms with Gasteiger partial charge in [-0.05, 0) is 43.4 Å². The number of amides is 2. The van der Waals surface area contributed by atoms with Crippen molar-refractivity contribution < 1.29 is 9.59 Å². The molecule has 0 spiro atoms. The predicted octanol–water partition coefficient (Wildman–Crippen LogP) is 2.03. The zero-order valence-electron chi connectivity index (χ0n) is 13.9. The lowest BCUT2D eigenvalue weighted by Gasteiger charge is -2.30. The molecule has 0 unspecified atom stereocenters. The lowest BCUT2D eigenvalue weighted by atomic mass is 9.95. The number of pyridine rings is 1. The lowest BCUT2D eigenvalue weighted by Crippen LogP contribution is -2.40. The number of anilines is 1. The van der Waals surface area contributed by atoms with Crippen molar-refractivity contribution in [3.63, 3.8) is 0 Å². The number of carbonyl (C=O) groups excluding carboxylic acids is 2. The summed E-state index contributed by atoms with van der Waals surface area (Å²) in [7, 11) is 0. The second-order valence-corrected chi connectivity index (χ2v) is 6.35. The van der Waals surface area contributed by atoms with Gasteiger partial charge in [0, 0.05) is 37.2 Å². The monoisotopic (exact) mass is 327 g/mol. The third-order valence-corrected chi connectivity index (χ3v) is 4.61. The summed E-state index contributed by atoms with van der Waals surface area (Å²) in [4.78, 5) is 40.1. The normalized spacial score (nSPS) is 15.5. The molecule has 0 atom stereocenters. The highest BCUT2D eigenvalue weighted by atomic mass is 16.2. The number of nitrogens with zero attached hydrogens (tertiary/aromatic N) is 1. The summed E-state index contributed by atoms with van der Waals surface area (Å²) in [6.45, 7) is 4.56. The van der Waals surface area contributed by atoms with Gasteiger partial charge in [0.2, 0.25) is 11.8 Å². The van der Waals surface area contributed by atoms with Crippen molar-refractivity contribution in [1.82, 2.24) is 9.88 Å². The zero-order valence-corrected chi connectivity index (χ0v) is 13.9. The highest BCUT2D eigenvalue weighted by Gasteiger charge is 2.26. The summed E-state index contributed by atoms with van der Waals surface area (Å²) in [6, 6.07) is 7.32. The minimum atomic E-state index is -0.123. The number of aromatic amines is 1. The maximum atomic E-state index is 12.4. The van der Waals surface area contributed by atoms with Crippen LogP contribution in [0, 0.1) is 12.8 Å². The number of H-pyrrole nitrogens is 1. The van der Waals surface area contributed by atoms with Crippen LogP contribution in [0.15, 0.2) is 29.1 Å². The van der Waals surface area contributed by atoms with E-state index in [9.17, 15) is 14.4 Å². The summed E-state index contributed by atoms with van der Waals surface area (Å²) >= 11 is 0. The summed E-state index contributed by atoms with van der Waals surface area (Å²) in [5, 5.41) is 3.85. The van der Waals surface area contributed by atoms with Crippen LogP contribution in [-0.2, 0) is 9.59 Å². The Morgan fingerprint density at radius 2 is 1.92 bits per heavy atom. The molecule has 2 aromatic rings. The van der Waals surface area contributed by atoms with E-state index in [2.05, 4.69) is 10.3 Å². The fourth-order valence-corrected chi connectivity index (χ4v) is 3.09. The second kappa shape index (κ2) is 6.47. The van der Waals surface area contributed by atoms with E-state index in [4.69, 9.17) is 0 Å². The molecule has 1 aliphatic rings. The number of hydrogen-bond donors (Lipinski definition) is 2. The Kier molecular flexibility index (Phi) is 4.38. The van der Waals surface area contributed by atoms with Crippen molar-refractivity contribution in [3.05, 3.63) is 40.2 Å². The van der Waals surface area contributed by atoms with Gasteiger partial charge in [-0.25, -0.2) is 0 Å². The first-order chi connectivity index (χ1) is 11.4. The van der Waals surface area contributed by atoms with Crippen molar-refractivity contribution in [2.24, 2.45) is 5.92 Å². The van der Waals surface area contributed by atoms with E-state index in [-0.39, 0.29) is 23.3 Å². The molecule has 1 aliphatic heterocycles. The number of aryl methyl sites for hydroxylation is 1. The quantitative estimate of drug-likeness (QED) is 0.885. The Labute approximate surface area is 139 Å². The van der Waals surface area contributed by atoms with Crippen LogP contribution in [0.25, 0.3) is 10.9 Å². The first kappa shape index (κ1) is 16.2. The number of rotatable bonds is 2. The van der Waals surface area contributed by atoms with Gasteiger partial charge in [-0.1, -0.05) is 6.07 Å². The maximum Gasteiger partial charge on any atom is 0.251 e. The van der Waals surface area contributed by atoms with Crippen LogP contribution < -0.4 is 10.9 Å². The van der Waals surface area contributed by atoms with Gasteiger partial charge in [0.25, 0.3) is 5.56 Å². The van der Waals surface area contributed by atoms with E-state index in [1.54, 1.807) is 24.8 Å². The molecule has 1 aromatic carbocycles. The molecule has 2 N–H and O–H groups in total. The number of hydrogen-bond acceptors (Lipinski definition) is 3. The third-order valence-electron chi connectivity index (χ3n) is 4.61. The Morgan fingerprint density at radius 3 is 2.58 bits per heavy atom. The van der Waals surface area contributed by atoms with E-state index >= 15 is 0 Å². The fourth-order valence-electron chi connectivity index (χ4n) is 3.09. The average Bonchev–Trinajstić information content (AvgIpc) is 2.56. The molecule has 2 amide bonds. The van der Waals surface area contributed by atoms with Gasteiger partial charge in [-0.15, -0.1) is 0 Å². The summed E-state index contributed by atoms with van der Waals surface area (Å²) in [5.74, 6) is -0.0667. The minimum Gasteiger partial charge on any atom is -0.343 e. The summed E-state index contributed by atoms with van der Waals surface area (Å²) < 4.78 is 0. The van der Waals surface area contributed by atoms with Crippen molar-refractivity contribution in [3.8, 4) is 0 Å². The van der Waals surface area contributed by atoms with Crippen molar-refractivity contribution in [2.75, 3.05) is 18.4 Å². The van der Waals surface area contributed by atoms with Gasteiger partial charge < -0.3 is 15.2 Å². The number of likely N-dealkylation sites (tertiary alicyclic amines) is 1. The van der Waals surface area contributed by atoms with Crippen molar-refractivity contribution in [2.45, 2.75) is 26.7 Å². The smallest absolute Gasteiger partial charge is 0.251 e. The highest BCUT2D eigenvalue weighted by Crippen LogP contribution is 2.21. The van der Waals surface area contributed by atoms with Crippen LogP contribution in [0.3, 0.4) is 0 Å². The molecule has 3 rings (SSSR count). The molecule has 1 saturated heterocycles. The van der Waals surface area contributed by atoms with Gasteiger partial charge in [0.05, 0.1) is 5.52 Å². The van der Waals surface area contributed by atoms with Crippen molar-refractivity contribution >= 4 is 28.4 Å². The molecular formula is C18H21N3O3. The molecule has 24 heavy (non-hydrogen) atoms. The van der Waals surface area contributed by atoms with E-state index in [0.717, 1.165) is 5.39 Å². The Bertz CT molecular complexity index is 848. The van der Waals surface area contributed by atoms with Gasteiger partial charge >= 0.3 is 0 Å². The van der Waals surface area contributed by atoms with Crippen molar-refractivity contribution in [1.29, 1.82) is 0 Å². The number of nitrogens with one attached hydrogen (secondary N) is 2. The second-order valence-electron chi connectivity index (χ2n) is 6.35. The van der Waals surface area contributed by atoms with Gasteiger partial charge in [0.1, 0.15) is 0 Å². The van der Waals surface area contributed by atoms with Gasteiger partial charge in [0.15, 0.2) is 0 Å². The van der Waals surface area contributed by atoms with Crippen LogP contribution >= 0.6 is 0 Å². The number of aromatic nitrogens is 1. The van der Waals surface area contributed by atoms with Gasteiger partial charge in [-0.3, -0.25) is 14.4 Å². The van der Waals surface area contributed by atoms with E-state index in [0.29, 0.717) is 42.7 Å². The topological polar surface area (TPSA) is 82.3 Å². The molecule has 1 aromatic heterocycles. The molecule has 0 aliphatic carbocycles. The predicted molar refractivity (Wildman–Crippen MR) is 92.9 cm³/mol. The third kappa shape index (κ3) is 3.32. The molecule has 6 nitrogen and oxygen atoms in total. The van der Waals surface area contributed by atoms with Crippen LogP contribution in [0.4, 0.5) is 5.69 Å². The number of carbonyl (C=O) groups is 2. The Morgan fingerprint density at radius 1 is 1.21 bits per heavy atom. The number of piperidine rings is 1. The molecular weight excluding hydrogens is 306 g/mol. The molecule has 1 fully saturated rings. The van der Waals surface area contributed by atoms with E-state index < -0.39 is 0 Å². The van der Waals surface area contributed by atoms with E-state index in [1.165, 1.54) is 0 Å². The van der Waals surface area contributed by atoms with Crippen LogP contribution in [0.5, 0.6) is 0 Å². The number of benzene rings is 1. The maximum absolute atomic E-state index is 12.4. The minimum absolute atomic E-state index is 0.0352. The number of fused-ring (bicyclic) bond motifs is 1. The SMILES string of the molecule is CC(=O)N1CCC(C(=O)Nc2ccc3cc(C)c(=O)[nH]c3c2)CC1. The Hall–Kier alpha value is -2.63. The van der Waals surface area contributed by atoms with Crippen LogP contribution in [0.1, 0.15) is 25.3 Å². The van der Waals surface area contributed by atoms with E-state index in [1.807, 2.05) is 18.2 Å². The lowest BCUT2D eigenvalue weighted by molar-refractivity contribution is -0.132. The first-order valence-electron chi connectivity index (χ1n) is 8.14. The zero-order chi connectivity index (χ0) is 17.3. The molecule has 6 heteroatoms. The molecule has 126 valence electrons. The fraction of sp³-hybridized carbons (Fsp3) is 0.389. The summed E-state index contributed by atoms with van der Waals surface area (Å²) in [5.41, 5.74) is 1.91. The largest absolute Gasteiger partial charge is 0.343 e. The molecule has 0 bridgehead atoms. The molecule has 0 radical (unpaired) electrons.